The fourth-order valence-electron chi connectivity index (χ4n) is 5.20. The molecule has 1 unspecified atom stereocenters. The van der Waals surface area contributed by atoms with Gasteiger partial charge in [-0.25, -0.2) is 5.84 Å². The van der Waals surface area contributed by atoms with Gasteiger partial charge in [-0.1, -0.05) is 0 Å². The number of nitrogens with zero attached hydrogens (tertiary/aromatic N) is 3. The molecule has 1 atom stereocenters. The maximum atomic E-state index is 13.0. The van der Waals surface area contributed by atoms with Crippen LogP contribution in [-0.2, 0) is 33.3 Å². The highest BCUT2D eigenvalue weighted by Gasteiger charge is 2.42. The summed E-state index contributed by atoms with van der Waals surface area (Å²) >= 11 is 0. The normalized spacial score (nSPS) is 15.3. The summed E-state index contributed by atoms with van der Waals surface area (Å²) in [6.45, 7) is 5.41. The van der Waals surface area contributed by atoms with Crippen molar-refractivity contribution in [3.63, 3.8) is 0 Å². The fourth-order valence-corrected chi connectivity index (χ4v) is 5.20. The van der Waals surface area contributed by atoms with Crippen LogP contribution in [0.15, 0.2) is 30.1 Å². The summed E-state index contributed by atoms with van der Waals surface area (Å²) < 4.78 is 22.1. The number of hydrogen-bond acceptors (Lipinski definition) is 13. The monoisotopic (exact) mass is 675 g/mol. The first-order valence-corrected chi connectivity index (χ1v) is 16.3. The molecule has 2 heterocycles. The van der Waals surface area contributed by atoms with Gasteiger partial charge in [0.1, 0.15) is 18.0 Å². The number of fused-ring (bicyclic) bond motifs is 1. The van der Waals surface area contributed by atoms with Gasteiger partial charge in [-0.15, -0.1) is 0 Å². The first-order chi connectivity index (χ1) is 23.3. The third kappa shape index (κ3) is 11.9. The average Bonchev–Trinajstić information content (AvgIpc) is 3.34. The zero-order valence-electron chi connectivity index (χ0n) is 27.7. The molecule has 48 heavy (non-hydrogen) atoms. The van der Waals surface area contributed by atoms with Crippen molar-refractivity contribution in [2.45, 2.75) is 38.1 Å². The number of amides is 4. The van der Waals surface area contributed by atoms with Crippen molar-refractivity contribution < 1.29 is 42.9 Å². The largest absolute Gasteiger partial charge is 0.393 e. The highest BCUT2D eigenvalue weighted by atomic mass is 16.6. The Bertz CT molecular complexity index is 1260. The van der Waals surface area contributed by atoms with Crippen LogP contribution < -0.4 is 22.2 Å². The number of hydrazine groups is 1. The Morgan fingerprint density at radius 2 is 1.52 bits per heavy atom. The predicted octanol–water partition coefficient (Wildman–Crippen LogP) is -0.157. The molecular weight excluding hydrogens is 626 g/mol. The van der Waals surface area contributed by atoms with Gasteiger partial charge < -0.3 is 50.0 Å². The Labute approximate surface area is 281 Å². The molecule has 0 aromatic heterocycles. The SMILES string of the molecule is CNC(=O)C(CCC=O)N1C(=O)c2ccc(NCCOCCOCCOCCOCCN(N)/C=C(\N)C(=O)N3CCCCC3)cc2C1=O. The predicted molar refractivity (Wildman–Crippen MR) is 175 cm³/mol. The van der Waals surface area contributed by atoms with Gasteiger partial charge in [0, 0.05) is 45.0 Å². The molecule has 1 aromatic rings. The molecule has 2 aliphatic heterocycles. The summed E-state index contributed by atoms with van der Waals surface area (Å²) in [4.78, 5) is 64.1. The van der Waals surface area contributed by atoms with Gasteiger partial charge in [0.25, 0.3) is 17.7 Å². The van der Waals surface area contributed by atoms with Crippen LogP contribution in [-0.4, -0.2) is 137 Å². The lowest BCUT2D eigenvalue weighted by Crippen LogP contribution is -2.48. The van der Waals surface area contributed by atoms with Crippen LogP contribution >= 0.6 is 0 Å². The van der Waals surface area contributed by atoms with E-state index < -0.39 is 23.8 Å². The van der Waals surface area contributed by atoms with Gasteiger partial charge in [-0.3, -0.25) is 24.1 Å². The van der Waals surface area contributed by atoms with E-state index in [1.54, 1.807) is 23.1 Å². The number of imide groups is 1. The molecular formula is C32H49N7O9. The molecule has 1 saturated heterocycles. The highest BCUT2D eigenvalue weighted by molar-refractivity contribution is 6.23. The lowest BCUT2D eigenvalue weighted by atomic mass is 10.1. The van der Waals surface area contributed by atoms with Crippen molar-refractivity contribution in [1.82, 2.24) is 20.1 Å². The van der Waals surface area contributed by atoms with Gasteiger partial charge in [0.2, 0.25) is 5.91 Å². The molecule has 1 fully saturated rings. The number of nitrogens with one attached hydrogen (secondary N) is 2. The van der Waals surface area contributed by atoms with Crippen LogP contribution in [0.2, 0.25) is 0 Å². The van der Waals surface area contributed by atoms with Gasteiger partial charge in [-0.05, 0) is 43.9 Å². The lowest BCUT2D eigenvalue weighted by Gasteiger charge is -2.27. The van der Waals surface area contributed by atoms with E-state index in [9.17, 15) is 24.0 Å². The highest BCUT2D eigenvalue weighted by Crippen LogP contribution is 2.28. The summed E-state index contributed by atoms with van der Waals surface area (Å²) in [5, 5.41) is 6.96. The van der Waals surface area contributed by atoms with E-state index in [4.69, 9.17) is 30.5 Å². The molecule has 16 heteroatoms. The molecule has 0 spiro atoms. The summed E-state index contributed by atoms with van der Waals surface area (Å²) in [5.74, 6) is 4.08. The van der Waals surface area contributed by atoms with E-state index in [0.717, 1.165) is 37.3 Å². The Morgan fingerprint density at radius 3 is 2.15 bits per heavy atom. The third-order valence-electron chi connectivity index (χ3n) is 7.72. The summed E-state index contributed by atoms with van der Waals surface area (Å²) in [7, 11) is 1.41. The second-order valence-electron chi connectivity index (χ2n) is 11.2. The molecule has 1 aromatic carbocycles. The number of likely N-dealkylation sites (tertiary alicyclic amines) is 1. The van der Waals surface area contributed by atoms with Crippen molar-refractivity contribution >= 4 is 35.6 Å². The quantitative estimate of drug-likeness (QED) is 0.0297. The smallest absolute Gasteiger partial charge is 0.271 e. The second kappa shape index (κ2) is 21.0. The number of carbonyl (C=O) groups is 5. The van der Waals surface area contributed by atoms with E-state index in [2.05, 4.69) is 10.6 Å². The van der Waals surface area contributed by atoms with E-state index in [1.807, 2.05) is 0 Å². The summed E-state index contributed by atoms with van der Waals surface area (Å²) in [6, 6.07) is 3.75. The van der Waals surface area contributed by atoms with Gasteiger partial charge >= 0.3 is 0 Å². The van der Waals surface area contributed by atoms with Gasteiger partial charge in [0.05, 0.1) is 70.5 Å². The molecule has 0 bridgehead atoms. The zero-order valence-corrected chi connectivity index (χ0v) is 27.7. The van der Waals surface area contributed by atoms with Crippen LogP contribution in [0.25, 0.3) is 0 Å². The minimum atomic E-state index is -1.06. The lowest BCUT2D eigenvalue weighted by molar-refractivity contribution is -0.128. The van der Waals surface area contributed by atoms with E-state index >= 15 is 0 Å². The topological polar surface area (TPSA) is 208 Å². The second-order valence-corrected chi connectivity index (χ2v) is 11.2. The van der Waals surface area contributed by atoms with Crippen molar-refractivity contribution in [3.05, 3.63) is 41.2 Å². The van der Waals surface area contributed by atoms with Crippen LogP contribution in [0.3, 0.4) is 0 Å². The Hall–Kier alpha value is -4.09. The van der Waals surface area contributed by atoms with Crippen LogP contribution in [0.4, 0.5) is 5.69 Å². The van der Waals surface area contributed by atoms with Crippen molar-refractivity contribution in [2.75, 3.05) is 91.4 Å². The number of benzene rings is 1. The fraction of sp³-hybridized carbons (Fsp3) is 0.594. The van der Waals surface area contributed by atoms with Crippen LogP contribution in [0.1, 0.15) is 52.8 Å². The first kappa shape index (κ1) is 38.4. The van der Waals surface area contributed by atoms with E-state index in [1.165, 1.54) is 18.3 Å². The Balaban J connectivity index is 1.18. The Kier molecular flexibility index (Phi) is 16.8. The van der Waals surface area contributed by atoms with E-state index in [0.29, 0.717) is 77.9 Å². The molecule has 4 amide bonds. The van der Waals surface area contributed by atoms with Crippen molar-refractivity contribution in [2.24, 2.45) is 11.6 Å². The molecule has 0 radical (unpaired) electrons. The minimum Gasteiger partial charge on any atom is -0.393 e. The van der Waals surface area contributed by atoms with Crippen LogP contribution in [0, 0.1) is 0 Å². The maximum absolute atomic E-state index is 13.0. The first-order valence-electron chi connectivity index (χ1n) is 16.3. The molecule has 16 nitrogen and oxygen atoms in total. The number of carbonyl (C=O) groups excluding carboxylic acids is 5. The van der Waals surface area contributed by atoms with Crippen LogP contribution in [0.5, 0.6) is 0 Å². The van der Waals surface area contributed by atoms with Crippen molar-refractivity contribution in [1.29, 1.82) is 0 Å². The zero-order chi connectivity index (χ0) is 34.7. The third-order valence-corrected chi connectivity index (χ3v) is 7.72. The summed E-state index contributed by atoms with van der Waals surface area (Å²) in [5.41, 5.74) is 7.07. The number of piperidine rings is 1. The molecule has 3 rings (SSSR count). The number of rotatable bonds is 23. The van der Waals surface area contributed by atoms with Gasteiger partial charge in [0.15, 0.2) is 0 Å². The number of anilines is 1. The summed E-state index contributed by atoms with van der Waals surface area (Å²) in [6.07, 6.45) is 5.31. The number of nitrogens with two attached hydrogens (primary N) is 2. The maximum Gasteiger partial charge on any atom is 0.271 e. The number of hydrogen-bond donors (Lipinski definition) is 4. The number of aldehydes is 1. The van der Waals surface area contributed by atoms with E-state index in [-0.39, 0.29) is 35.6 Å². The molecule has 6 N–H and O–H groups in total. The molecule has 2 aliphatic rings. The Morgan fingerprint density at radius 1 is 0.917 bits per heavy atom. The molecule has 0 saturated carbocycles. The van der Waals surface area contributed by atoms with Crippen molar-refractivity contribution in [3.8, 4) is 0 Å². The number of ether oxygens (including phenoxy) is 4. The molecule has 0 aliphatic carbocycles. The molecule has 266 valence electrons. The minimum absolute atomic E-state index is 0.0448. The van der Waals surface area contributed by atoms with Gasteiger partial charge in [-0.2, -0.15) is 0 Å². The number of likely N-dealkylation sites (N-methyl/N-ethyl adjacent to an activating group) is 1. The average molecular weight is 676 g/mol. The standard InChI is InChI=1S/C32H49N7O9/c1-35-29(41)28(6-5-13-40)39-30(42)25-8-7-24(22-26(25)31(39)43)36-9-14-45-16-18-47-20-21-48-19-17-46-15-12-38(34)23-27(33)32(44)37-10-3-2-4-11-37/h7-8,13,22-23,28,36H,2-6,9-12,14-21,33-34H2,1H3,(H,35,41)/b27-23-.